The van der Waals surface area contributed by atoms with Crippen LogP contribution in [0, 0.1) is 11.8 Å². The number of ether oxygens (including phenoxy) is 4. The minimum Gasteiger partial charge on any atom is -0.462 e. The first-order valence-electron chi connectivity index (χ1n) is 33.0. The molecular weight excluding hydrogens is 1090 g/mol. The van der Waals surface area contributed by atoms with E-state index >= 15 is 0 Å². The van der Waals surface area contributed by atoms with Crippen LogP contribution in [0.3, 0.4) is 0 Å². The van der Waals surface area contributed by atoms with Gasteiger partial charge in [-0.3, -0.25) is 37.3 Å². The highest BCUT2D eigenvalue weighted by Gasteiger charge is 2.30. The summed E-state index contributed by atoms with van der Waals surface area (Å²) in [6, 6.07) is 0. The topological polar surface area (TPSA) is 237 Å². The molecule has 19 heteroatoms. The number of carbonyl (C=O) groups is 4. The molecule has 0 aliphatic carbocycles. The molecule has 0 saturated carbocycles. The average Bonchev–Trinajstić information content (AvgIpc) is 3.45. The number of phosphoric acid groups is 2. The maximum atomic E-state index is 13.0. The molecule has 82 heavy (non-hydrogen) atoms. The molecule has 0 aromatic rings. The molecule has 5 atom stereocenters. The predicted molar refractivity (Wildman–Crippen MR) is 326 cm³/mol. The summed E-state index contributed by atoms with van der Waals surface area (Å²) in [5, 5.41) is 10.5. The van der Waals surface area contributed by atoms with Crippen LogP contribution in [0.4, 0.5) is 0 Å². The van der Waals surface area contributed by atoms with Crippen molar-refractivity contribution in [2.75, 3.05) is 39.6 Å². The first kappa shape index (κ1) is 80.1. The van der Waals surface area contributed by atoms with E-state index in [1.165, 1.54) is 122 Å². The lowest BCUT2D eigenvalue weighted by molar-refractivity contribution is -0.161. The minimum atomic E-state index is -4.94. The largest absolute Gasteiger partial charge is 0.472 e. The van der Waals surface area contributed by atoms with E-state index in [1.807, 2.05) is 0 Å². The third-order valence-corrected chi connectivity index (χ3v) is 16.4. The fourth-order valence-electron chi connectivity index (χ4n) is 9.35. The average molecular weight is 1210 g/mol. The number of aliphatic hydroxyl groups is 1. The molecule has 0 spiro atoms. The molecule has 0 fully saturated rings. The van der Waals surface area contributed by atoms with E-state index < -0.39 is 97.5 Å². The van der Waals surface area contributed by atoms with Gasteiger partial charge in [-0.25, -0.2) is 9.13 Å². The highest BCUT2D eigenvalue weighted by atomic mass is 31.2. The van der Waals surface area contributed by atoms with Crippen LogP contribution in [0.25, 0.3) is 0 Å². The zero-order chi connectivity index (χ0) is 60.8. The van der Waals surface area contributed by atoms with Crippen molar-refractivity contribution in [3.63, 3.8) is 0 Å². The van der Waals surface area contributed by atoms with Crippen molar-refractivity contribution in [2.45, 2.75) is 330 Å². The molecule has 0 bridgehead atoms. The third kappa shape index (κ3) is 57.2. The Kier molecular flexibility index (Phi) is 54.3. The van der Waals surface area contributed by atoms with Crippen molar-refractivity contribution >= 4 is 39.5 Å². The van der Waals surface area contributed by atoms with E-state index in [1.54, 1.807) is 0 Å². The van der Waals surface area contributed by atoms with Gasteiger partial charge in [0.15, 0.2) is 12.2 Å². The van der Waals surface area contributed by atoms with Gasteiger partial charge in [-0.2, -0.15) is 0 Å². The van der Waals surface area contributed by atoms with Crippen molar-refractivity contribution in [2.24, 2.45) is 11.8 Å². The van der Waals surface area contributed by atoms with Crippen LogP contribution in [-0.4, -0.2) is 96.7 Å². The van der Waals surface area contributed by atoms with Crippen molar-refractivity contribution in [1.82, 2.24) is 0 Å². The van der Waals surface area contributed by atoms with E-state index in [0.717, 1.165) is 108 Å². The third-order valence-electron chi connectivity index (χ3n) is 14.5. The lowest BCUT2D eigenvalue weighted by atomic mass is 10.0. The van der Waals surface area contributed by atoms with Gasteiger partial charge in [-0.05, 0) is 37.5 Å². The van der Waals surface area contributed by atoms with Gasteiger partial charge in [0.2, 0.25) is 0 Å². The van der Waals surface area contributed by atoms with Gasteiger partial charge in [0.05, 0.1) is 26.4 Å². The molecule has 0 aliphatic heterocycles. The lowest BCUT2D eigenvalue weighted by Gasteiger charge is -2.21. The van der Waals surface area contributed by atoms with E-state index in [2.05, 4.69) is 41.5 Å². The summed E-state index contributed by atoms with van der Waals surface area (Å²) in [5.74, 6) is -0.625. The predicted octanol–water partition coefficient (Wildman–Crippen LogP) is 17.3. The second-order valence-electron chi connectivity index (χ2n) is 23.7. The lowest BCUT2D eigenvalue weighted by Crippen LogP contribution is -2.30. The van der Waals surface area contributed by atoms with Crippen LogP contribution < -0.4 is 0 Å². The van der Waals surface area contributed by atoms with E-state index in [4.69, 9.17) is 37.0 Å². The Morgan fingerprint density at radius 1 is 0.329 bits per heavy atom. The second-order valence-corrected chi connectivity index (χ2v) is 26.7. The Morgan fingerprint density at radius 3 is 0.829 bits per heavy atom. The maximum Gasteiger partial charge on any atom is 0.472 e. The van der Waals surface area contributed by atoms with Crippen LogP contribution >= 0.6 is 15.6 Å². The molecule has 3 N–H and O–H groups in total. The van der Waals surface area contributed by atoms with E-state index in [-0.39, 0.29) is 25.7 Å². The van der Waals surface area contributed by atoms with Gasteiger partial charge < -0.3 is 33.8 Å². The summed E-state index contributed by atoms with van der Waals surface area (Å²) < 4.78 is 67.8. The normalized spacial score (nSPS) is 14.3. The molecular formula is C63H122O17P2. The summed E-state index contributed by atoms with van der Waals surface area (Å²) >= 11 is 0. The van der Waals surface area contributed by atoms with Gasteiger partial charge in [0, 0.05) is 25.7 Å². The number of hydrogen-bond acceptors (Lipinski definition) is 15. The Hall–Kier alpha value is -1.94. The number of esters is 4. The van der Waals surface area contributed by atoms with Crippen LogP contribution in [0.1, 0.15) is 311 Å². The van der Waals surface area contributed by atoms with Crippen LogP contribution in [0.5, 0.6) is 0 Å². The van der Waals surface area contributed by atoms with Gasteiger partial charge in [-0.15, -0.1) is 0 Å². The molecule has 0 heterocycles. The zero-order valence-corrected chi connectivity index (χ0v) is 54.6. The summed E-state index contributed by atoms with van der Waals surface area (Å²) in [6.07, 6.45) is 37.9. The molecule has 0 aromatic heterocycles. The van der Waals surface area contributed by atoms with Gasteiger partial charge in [0.1, 0.15) is 19.3 Å². The number of aliphatic hydroxyl groups excluding tert-OH is 1. The Labute approximate surface area is 498 Å². The Bertz CT molecular complexity index is 1620. The van der Waals surface area contributed by atoms with E-state index in [0.29, 0.717) is 25.7 Å². The summed E-state index contributed by atoms with van der Waals surface area (Å²) in [5.41, 5.74) is 0. The van der Waals surface area contributed by atoms with Crippen LogP contribution in [0.2, 0.25) is 0 Å². The van der Waals surface area contributed by atoms with Crippen LogP contribution in [-0.2, 0) is 65.4 Å². The highest BCUT2D eigenvalue weighted by Crippen LogP contribution is 2.45. The Morgan fingerprint density at radius 2 is 0.561 bits per heavy atom. The monoisotopic (exact) mass is 1210 g/mol. The molecule has 0 aliphatic rings. The van der Waals surface area contributed by atoms with E-state index in [9.17, 15) is 43.2 Å². The van der Waals surface area contributed by atoms with Crippen LogP contribution in [0.15, 0.2) is 0 Å². The number of hydrogen-bond donors (Lipinski definition) is 3. The number of unbranched alkanes of at least 4 members (excludes halogenated alkanes) is 32. The molecule has 0 rings (SSSR count). The fourth-order valence-corrected chi connectivity index (χ4v) is 10.9. The number of carbonyl (C=O) groups excluding carboxylic acids is 4. The standard InChI is InChI=1S/C63H122O17P2/c1-7-9-11-13-14-15-23-29-35-41-47-62(67)79-58(51-73-60(65)45-39-31-12-10-8-2)53-77-81(69,70)75-49-57(64)50-76-82(71,72)78-54-59(52-74-61(66)46-40-34-28-25-20-22-27-33-38-44-56(5)6)80-63(68)48-42-36-30-24-19-17-16-18-21-26-32-37-43-55(3)4/h55-59,64H,7-54H2,1-6H3,(H,69,70)(H,71,72)/t57-,58+,59+/m0/s1. The summed E-state index contributed by atoms with van der Waals surface area (Å²) in [7, 11) is -9.88. The van der Waals surface area contributed by atoms with Gasteiger partial charge in [0.25, 0.3) is 0 Å². The molecule has 0 radical (unpaired) electrons. The minimum absolute atomic E-state index is 0.105. The van der Waals surface area contributed by atoms with Crippen molar-refractivity contribution in [3.8, 4) is 0 Å². The smallest absolute Gasteiger partial charge is 0.462 e. The first-order chi connectivity index (χ1) is 39.4. The quantitative estimate of drug-likeness (QED) is 0.0222. The summed E-state index contributed by atoms with van der Waals surface area (Å²) in [6.45, 7) is 9.39. The van der Waals surface area contributed by atoms with Crippen molar-refractivity contribution < 1.29 is 80.2 Å². The van der Waals surface area contributed by atoms with Crippen molar-refractivity contribution in [1.29, 1.82) is 0 Å². The molecule has 0 aromatic carbocycles. The van der Waals surface area contributed by atoms with Gasteiger partial charge >= 0.3 is 39.5 Å². The summed E-state index contributed by atoms with van der Waals surface area (Å²) in [4.78, 5) is 71.9. The SMILES string of the molecule is CCCCCCCCCCCCC(=O)O[C@H](COC(=O)CCCCCCC)COP(=O)(O)OC[C@H](O)COP(=O)(O)OC[C@@H](COC(=O)CCCCCCCCCCCC(C)C)OC(=O)CCCCCCCCCCCCCCC(C)C. The van der Waals surface area contributed by atoms with Gasteiger partial charge in [-0.1, -0.05) is 260 Å². The molecule has 0 amide bonds. The number of rotatable bonds is 62. The first-order valence-corrected chi connectivity index (χ1v) is 36.0. The zero-order valence-electron chi connectivity index (χ0n) is 52.8. The molecule has 17 nitrogen and oxygen atoms in total. The maximum absolute atomic E-state index is 13.0. The second kappa shape index (κ2) is 55.6. The Balaban J connectivity index is 5.18. The highest BCUT2D eigenvalue weighted by molar-refractivity contribution is 7.47. The molecule has 486 valence electrons. The molecule has 2 unspecified atom stereocenters. The molecule has 0 saturated heterocycles. The number of phosphoric ester groups is 2. The van der Waals surface area contributed by atoms with Crippen molar-refractivity contribution in [3.05, 3.63) is 0 Å². The fraction of sp³-hybridized carbons (Fsp3) is 0.937.